The number of aromatic amines is 1. The highest BCUT2D eigenvalue weighted by atomic mass is 32.2. The van der Waals surface area contributed by atoms with E-state index in [0.717, 1.165) is 11.1 Å². The third-order valence-electron chi connectivity index (χ3n) is 3.05. The molecule has 4 nitrogen and oxygen atoms in total. The Labute approximate surface area is 133 Å². The highest BCUT2D eigenvalue weighted by Gasteiger charge is 2.14. The molecule has 0 fully saturated rings. The molecule has 110 valence electrons. The number of thioether (sulfide) groups is 1. The number of halogens is 1. The number of nitrogens with zero attached hydrogens (tertiary/aromatic N) is 2. The lowest BCUT2D eigenvalue weighted by molar-refractivity contribution is 0.628. The summed E-state index contributed by atoms with van der Waals surface area (Å²) in [6.45, 7) is 1.74. The van der Waals surface area contributed by atoms with E-state index in [-0.39, 0.29) is 16.6 Å². The summed E-state index contributed by atoms with van der Waals surface area (Å²) < 4.78 is 13.0. The summed E-state index contributed by atoms with van der Waals surface area (Å²) in [7, 11) is 0. The number of fused-ring (bicyclic) bond motifs is 1. The van der Waals surface area contributed by atoms with Crippen LogP contribution in [0.5, 0.6) is 0 Å². The Morgan fingerprint density at radius 1 is 1.41 bits per heavy atom. The van der Waals surface area contributed by atoms with Crippen LogP contribution in [-0.4, -0.2) is 15.2 Å². The van der Waals surface area contributed by atoms with Crippen molar-refractivity contribution >= 4 is 33.3 Å². The number of hydrogen-bond donors (Lipinski definition) is 1. The standard InChI is InChI=1S/C15H10FN3OS2/c1-8(6-17)22-15-18-13(20)12-11(7-21-14(12)19-15)9-2-4-10(16)5-3-9/h2-5,7-8H,1H3,(H,18,19,20)/t8-/m0/s1. The molecule has 0 aliphatic carbocycles. The van der Waals surface area contributed by atoms with Crippen LogP contribution in [0.3, 0.4) is 0 Å². The molecule has 0 unspecified atom stereocenters. The second kappa shape index (κ2) is 5.91. The molecule has 7 heteroatoms. The summed E-state index contributed by atoms with van der Waals surface area (Å²) in [6.07, 6.45) is 0. The summed E-state index contributed by atoms with van der Waals surface area (Å²) >= 11 is 2.56. The molecule has 1 atom stereocenters. The van der Waals surface area contributed by atoms with Gasteiger partial charge in [0.15, 0.2) is 5.16 Å². The fraction of sp³-hybridized carbons (Fsp3) is 0.133. The highest BCUT2D eigenvalue weighted by molar-refractivity contribution is 8.00. The van der Waals surface area contributed by atoms with Crippen molar-refractivity contribution in [3.8, 4) is 17.2 Å². The molecule has 2 heterocycles. The summed E-state index contributed by atoms with van der Waals surface area (Å²) in [5.41, 5.74) is 1.25. The van der Waals surface area contributed by atoms with Gasteiger partial charge in [-0.3, -0.25) is 4.79 Å². The zero-order valence-electron chi connectivity index (χ0n) is 11.5. The number of benzene rings is 1. The van der Waals surface area contributed by atoms with Crippen LogP contribution in [0.15, 0.2) is 39.6 Å². The maximum atomic E-state index is 13.0. The molecule has 0 saturated heterocycles. The summed E-state index contributed by atoms with van der Waals surface area (Å²) in [4.78, 5) is 20.0. The maximum Gasteiger partial charge on any atom is 0.260 e. The van der Waals surface area contributed by atoms with E-state index in [1.807, 2.05) is 5.38 Å². The van der Waals surface area contributed by atoms with Crippen molar-refractivity contribution in [2.75, 3.05) is 0 Å². The Balaban J connectivity index is 2.10. The molecule has 1 aromatic carbocycles. The van der Waals surface area contributed by atoms with Gasteiger partial charge in [0, 0.05) is 10.9 Å². The Hall–Kier alpha value is -2.17. The third kappa shape index (κ3) is 2.75. The molecule has 0 spiro atoms. The van der Waals surface area contributed by atoms with Crippen molar-refractivity contribution in [2.24, 2.45) is 0 Å². The van der Waals surface area contributed by atoms with E-state index in [0.29, 0.717) is 15.4 Å². The lowest BCUT2D eigenvalue weighted by atomic mass is 10.1. The van der Waals surface area contributed by atoms with E-state index >= 15 is 0 Å². The van der Waals surface area contributed by atoms with Crippen molar-refractivity contribution < 1.29 is 4.39 Å². The molecule has 0 amide bonds. The fourth-order valence-corrected chi connectivity index (χ4v) is 3.71. The maximum absolute atomic E-state index is 13.0. The van der Waals surface area contributed by atoms with Gasteiger partial charge in [0.05, 0.1) is 16.7 Å². The molecule has 3 aromatic rings. The summed E-state index contributed by atoms with van der Waals surface area (Å²) in [5.74, 6) is -0.320. The van der Waals surface area contributed by atoms with Gasteiger partial charge in [-0.15, -0.1) is 11.3 Å². The second-order valence-electron chi connectivity index (χ2n) is 4.60. The van der Waals surface area contributed by atoms with Gasteiger partial charge in [-0.2, -0.15) is 5.26 Å². The predicted molar refractivity (Wildman–Crippen MR) is 86.6 cm³/mol. The number of aromatic nitrogens is 2. The predicted octanol–water partition coefficient (Wildman–Crippen LogP) is 3.79. The van der Waals surface area contributed by atoms with E-state index < -0.39 is 0 Å². The molecular formula is C15H10FN3OS2. The Bertz CT molecular complexity index is 925. The van der Waals surface area contributed by atoms with Crippen LogP contribution in [0.1, 0.15) is 6.92 Å². The number of nitrogens with one attached hydrogen (secondary N) is 1. The number of thiophene rings is 1. The van der Waals surface area contributed by atoms with Gasteiger partial charge in [0.2, 0.25) is 0 Å². The molecular weight excluding hydrogens is 321 g/mol. The molecule has 2 aromatic heterocycles. The second-order valence-corrected chi connectivity index (χ2v) is 6.78. The van der Waals surface area contributed by atoms with Gasteiger partial charge in [0.25, 0.3) is 5.56 Å². The zero-order valence-corrected chi connectivity index (χ0v) is 13.1. The zero-order chi connectivity index (χ0) is 15.7. The third-order valence-corrected chi connectivity index (χ3v) is 4.80. The fourth-order valence-electron chi connectivity index (χ4n) is 2.02. The van der Waals surface area contributed by atoms with E-state index in [2.05, 4.69) is 16.0 Å². The smallest absolute Gasteiger partial charge is 0.260 e. The average molecular weight is 331 g/mol. The van der Waals surface area contributed by atoms with Crippen LogP contribution in [0.25, 0.3) is 21.3 Å². The first-order valence-corrected chi connectivity index (χ1v) is 8.18. The van der Waals surface area contributed by atoms with Crippen molar-refractivity contribution in [3.05, 3.63) is 45.8 Å². The number of nitriles is 1. The van der Waals surface area contributed by atoms with Gasteiger partial charge in [-0.1, -0.05) is 23.9 Å². The van der Waals surface area contributed by atoms with E-state index in [9.17, 15) is 9.18 Å². The van der Waals surface area contributed by atoms with Gasteiger partial charge < -0.3 is 4.98 Å². The minimum absolute atomic E-state index is 0.252. The first kappa shape index (κ1) is 14.8. The molecule has 0 bridgehead atoms. The lowest BCUT2D eigenvalue weighted by Crippen LogP contribution is -2.09. The monoisotopic (exact) mass is 331 g/mol. The van der Waals surface area contributed by atoms with Crippen molar-refractivity contribution in [3.63, 3.8) is 0 Å². The van der Waals surface area contributed by atoms with Gasteiger partial charge in [-0.25, -0.2) is 9.37 Å². The summed E-state index contributed by atoms with van der Waals surface area (Å²) in [6, 6.07) is 8.08. The van der Waals surface area contributed by atoms with E-state index in [1.54, 1.807) is 19.1 Å². The van der Waals surface area contributed by atoms with Crippen LogP contribution in [0.4, 0.5) is 4.39 Å². The largest absolute Gasteiger partial charge is 0.301 e. The SMILES string of the molecule is C[C@@H](C#N)Sc1nc2scc(-c3ccc(F)cc3)c2c(=O)[nH]1. The lowest BCUT2D eigenvalue weighted by Gasteiger charge is -2.03. The normalized spacial score (nSPS) is 12.2. The Kier molecular flexibility index (Phi) is 3.96. The summed E-state index contributed by atoms with van der Waals surface area (Å²) in [5, 5.41) is 11.3. The van der Waals surface area contributed by atoms with Crippen molar-refractivity contribution in [1.82, 2.24) is 9.97 Å². The quantitative estimate of drug-likeness (QED) is 0.585. The minimum atomic E-state index is -0.320. The molecule has 22 heavy (non-hydrogen) atoms. The van der Waals surface area contributed by atoms with Gasteiger partial charge in [-0.05, 0) is 24.6 Å². The molecule has 1 N–H and O–H groups in total. The van der Waals surface area contributed by atoms with Crippen LogP contribution < -0.4 is 5.56 Å². The highest BCUT2D eigenvalue weighted by Crippen LogP contribution is 2.31. The van der Waals surface area contributed by atoms with Gasteiger partial charge >= 0.3 is 0 Å². The van der Waals surface area contributed by atoms with E-state index in [4.69, 9.17) is 5.26 Å². The Morgan fingerprint density at radius 2 is 2.14 bits per heavy atom. The number of H-pyrrole nitrogens is 1. The molecule has 0 saturated carbocycles. The van der Waals surface area contributed by atoms with Crippen LogP contribution in [0, 0.1) is 17.1 Å². The van der Waals surface area contributed by atoms with Crippen LogP contribution in [-0.2, 0) is 0 Å². The first-order chi connectivity index (χ1) is 10.6. The number of rotatable bonds is 3. The topological polar surface area (TPSA) is 69.5 Å². The van der Waals surface area contributed by atoms with Crippen LogP contribution >= 0.6 is 23.1 Å². The first-order valence-electron chi connectivity index (χ1n) is 6.42. The van der Waals surface area contributed by atoms with E-state index in [1.165, 1.54) is 35.2 Å². The molecule has 0 aliphatic heterocycles. The average Bonchev–Trinajstić information content (AvgIpc) is 2.92. The van der Waals surface area contributed by atoms with Crippen molar-refractivity contribution in [2.45, 2.75) is 17.3 Å². The van der Waals surface area contributed by atoms with Gasteiger partial charge in [0.1, 0.15) is 10.6 Å². The minimum Gasteiger partial charge on any atom is -0.301 e. The number of hydrogen-bond acceptors (Lipinski definition) is 5. The molecule has 3 rings (SSSR count). The molecule has 0 aliphatic rings. The van der Waals surface area contributed by atoms with Crippen molar-refractivity contribution in [1.29, 1.82) is 5.26 Å². The molecule has 0 radical (unpaired) electrons. The Morgan fingerprint density at radius 3 is 2.82 bits per heavy atom. The van der Waals surface area contributed by atoms with Crippen LogP contribution in [0.2, 0.25) is 0 Å².